The number of aromatic amines is 1. The molecule has 16 aromatic carbocycles. The summed E-state index contributed by atoms with van der Waals surface area (Å²) in [6.45, 7) is 0. The topological polar surface area (TPSA) is 20.7 Å². The van der Waals surface area contributed by atoms with Crippen molar-refractivity contribution in [3.05, 3.63) is 405 Å². The summed E-state index contributed by atoms with van der Waals surface area (Å²) in [5.41, 5.74) is 11.0. The van der Waals surface area contributed by atoms with Crippen molar-refractivity contribution in [3.8, 4) is 27.9 Å². The van der Waals surface area contributed by atoms with Crippen molar-refractivity contribution in [2.24, 2.45) is 0 Å². The molecule has 0 amide bonds. The van der Waals surface area contributed by atoms with Crippen molar-refractivity contribution in [3.63, 3.8) is 0 Å². The van der Waals surface area contributed by atoms with E-state index in [0.717, 1.165) is 4.47 Å². The van der Waals surface area contributed by atoms with Crippen LogP contribution >= 0.6 is 38.6 Å². The minimum atomic E-state index is -2.84. The summed E-state index contributed by atoms with van der Waals surface area (Å²) in [6.07, 6.45) is 0. The highest BCUT2D eigenvalue weighted by atomic mass is 79.9. The average Bonchev–Trinajstić information content (AvgIpc) is 1.53. The van der Waals surface area contributed by atoms with Crippen LogP contribution in [0.1, 0.15) is 0 Å². The summed E-state index contributed by atoms with van der Waals surface area (Å²) in [4.78, 5) is 3.38. The molecule has 1 N–H and O–H groups in total. The second-order valence-electron chi connectivity index (χ2n) is 26.4. The van der Waals surface area contributed by atoms with Gasteiger partial charge < -0.3 is 9.55 Å². The number of rotatable bonds is 11. The Bertz CT molecular complexity index is 6290. The molecule has 0 unspecified atom stereocenters. The van der Waals surface area contributed by atoms with E-state index in [0.29, 0.717) is 0 Å². The molecule has 0 aliphatic carbocycles. The molecule has 20 rings (SSSR count). The number of aromatic nitrogens is 2. The molecule has 0 bridgehead atoms. The number of nitrogens with zero attached hydrogens (tertiary/aromatic N) is 1. The lowest BCUT2D eigenvalue weighted by Gasteiger charge is -2.35. The van der Waals surface area contributed by atoms with Crippen LogP contribution in [0.25, 0.3) is 112 Å². The summed E-state index contributed by atoms with van der Waals surface area (Å²) in [6, 6.07) is 147. The van der Waals surface area contributed by atoms with Crippen molar-refractivity contribution in [1.29, 1.82) is 0 Å². The molecule has 0 spiro atoms. The molecule has 0 saturated heterocycles. The Morgan fingerprint density at radius 2 is 0.544 bits per heavy atom. The van der Waals surface area contributed by atoms with Crippen LogP contribution in [0, 0.1) is 0 Å². The van der Waals surface area contributed by atoms with Gasteiger partial charge in [0, 0.05) is 83.1 Å². The van der Waals surface area contributed by atoms with Crippen LogP contribution in [0.4, 0.5) is 0 Å². The monoisotopic (exact) mass is 1450 g/mol. The van der Waals surface area contributed by atoms with Crippen LogP contribution < -0.4 is 41.5 Å². The smallest absolute Gasteiger partial charge is 0.179 e. The van der Waals surface area contributed by atoms with E-state index in [1.165, 1.54) is 153 Å². The van der Waals surface area contributed by atoms with Gasteiger partial charge in [-0.15, -0.1) is 22.7 Å². The molecule has 0 saturated carbocycles. The first kappa shape index (κ1) is 63.6. The van der Waals surface area contributed by atoms with Gasteiger partial charge in [0.1, 0.15) is 0 Å². The van der Waals surface area contributed by atoms with Gasteiger partial charge in [0.05, 0.1) is 11.0 Å². The molecule has 103 heavy (non-hydrogen) atoms. The maximum absolute atomic E-state index is 3.79. The number of thiophene rings is 2. The van der Waals surface area contributed by atoms with Crippen LogP contribution in [0.2, 0.25) is 0 Å². The number of nitrogens with one attached hydrogen (secondary N) is 1. The van der Waals surface area contributed by atoms with E-state index in [-0.39, 0.29) is 0 Å². The van der Waals surface area contributed by atoms with Crippen LogP contribution in [0.3, 0.4) is 0 Å². The molecular weight excluding hydrogens is 1380 g/mol. The molecule has 0 aliphatic rings. The molecule has 0 aliphatic heterocycles. The maximum atomic E-state index is 3.79. The zero-order valence-electron chi connectivity index (χ0n) is 56.2. The Balaban J connectivity index is 0.000000128. The fraction of sp³-hybridized carbons (Fsp3) is 0. The highest BCUT2D eigenvalue weighted by Crippen LogP contribution is 2.39. The number of halogens is 1. The largest absolute Gasteiger partial charge is 0.355 e. The third kappa shape index (κ3) is 11.5. The summed E-state index contributed by atoms with van der Waals surface area (Å²) in [7, 11) is -5.45. The van der Waals surface area contributed by atoms with Crippen LogP contribution in [0.15, 0.2) is 405 Å². The second kappa shape index (κ2) is 27.4. The number of para-hydroxylation sites is 4. The standard InChI is InChI=1S/C48H33NSSi.C36H25BrSSi.C12H9N/c1-3-17-37(18-4-1)51(38-19-5-2-6-20-38,39-21-13-15-34(31-39)35-29-30-48-44(32-35)43-25-9-12-28-47(43)50-48)40-22-14-16-36(33-40)49-45-26-10-7-23-41(45)42-24-8-11-27-46(42)49;37-28-12-10-18-32(25-28)39(29-13-3-1-4-14-29,30-15-5-2-6-16-30)31-17-9-11-26(23-31)27-21-22-36-34(24-27)33-19-7-8-20-35(33)38-36;1-3-7-11-9(5-1)10-6-2-4-8-12(10)13-11/h1-33H;1-25H;1-8,13H. The predicted octanol–water partition coefficient (Wildman–Crippen LogP) is 21.4. The lowest BCUT2D eigenvalue weighted by molar-refractivity contribution is 1.18. The zero-order chi connectivity index (χ0) is 68.7. The van der Waals surface area contributed by atoms with Gasteiger partial charge in [0.15, 0.2) is 16.1 Å². The van der Waals surface area contributed by atoms with Gasteiger partial charge in [0.2, 0.25) is 0 Å². The Kier molecular flexibility index (Phi) is 17.0. The first-order valence-corrected chi connectivity index (χ1v) is 41.5. The van der Waals surface area contributed by atoms with Gasteiger partial charge >= 0.3 is 0 Å². The van der Waals surface area contributed by atoms with Crippen LogP contribution in [0.5, 0.6) is 0 Å². The quantitative estimate of drug-likeness (QED) is 0.0984. The molecular formula is C96H67BrN2S2Si2. The normalized spacial score (nSPS) is 11.7. The third-order valence-corrected chi connectivity index (χ3v) is 32.9. The van der Waals surface area contributed by atoms with Crippen molar-refractivity contribution in [2.45, 2.75) is 0 Å². The predicted molar refractivity (Wildman–Crippen MR) is 455 cm³/mol. The second-order valence-corrected chi connectivity index (χ2v) is 37.1. The van der Waals surface area contributed by atoms with Gasteiger partial charge in [-0.05, 0) is 149 Å². The van der Waals surface area contributed by atoms with E-state index < -0.39 is 16.1 Å². The van der Waals surface area contributed by atoms with E-state index in [4.69, 9.17) is 0 Å². The van der Waals surface area contributed by atoms with Crippen molar-refractivity contribution in [2.75, 3.05) is 0 Å². The van der Waals surface area contributed by atoms with Crippen molar-refractivity contribution in [1.82, 2.24) is 9.55 Å². The lowest BCUT2D eigenvalue weighted by Crippen LogP contribution is -2.74. The number of benzene rings is 16. The fourth-order valence-electron chi connectivity index (χ4n) is 16.0. The average molecular weight is 1450 g/mol. The van der Waals surface area contributed by atoms with Gasteiger partial charge in [-0.2, -0.15) is 0 Å². The van der Waals surface area contributed by atoms with Crippen molar-refractivity contribution >= 4 is 180 Å². The minimum absolute atomic E-state index is 1.11. The number of fused-ring (bicyclic) bond motifs is 12. The number of H-pyrrole nitrogens is 1. The van der Waals surface area contributed by atoms with Gasteiger partial charge in [-0.3, -0.25) is 0 Å². The lowest BCUT2D eigenvalue weighted by atomic mass is 10.0. The Morgan fingerprint density at radius 1 is 0.223 bits per heavy atom. The van der Waals surface area contributed by atoms with Gasteiger partial charge in [-0.1, -0.05) is 331 Å². The van der Waals surface area contributed by atoms with E-state index in [1.807, 2.05) is 22.7 Å². The fourth-order valence-corrected chi connectivity index (χ4v) is 28.4. The highest BCUT2D eigenvalue weighted by molar-refractivity contribution is 9.10. The molecule has 488 valence electrons. The van der Waals surface area contributed by atoms with Crippen LogP contribution in [-0.2, 0) is 0 Å². The SMILES string of the molecule is Brc1cccc([Si](c2ccccc2)(c2ccccc2)c2cccc(-c3ccc4sc5ccccc5c4c3)c2)c1.c1ccc([Si](c2ccccc2)(c2cccc(-c3ccc4sc5ccccc5c4c3)c2)c2cccc(-n3c4ccccc4c4ccccc43)c2)cc1.c1ccc2c(c1)[nH]c1ccccc12. The molecule has 4 heterocycles. The van der Waals surface area contributed by atoms with Gasteiger partial charge in [-0.25, -0.2) is 0 Å². The summed E-state index contributed by atoms with van der Waals surface area (Å²) >= 11 is 7.53. The molecule has 2 nitrogen and oxygen atoms in total. The van der Waals surface area contributed by atoms with Gasteiger partial charge in [0.25, 0.3) is 0 Å². The van der Waals surface area contributed by atoms with E-state index in [9.17, 15) is 0 Å². The van der Waals surface area contributed by atoms with E-state index in [1.54, 1.807) is 0 Å². The molecule has 4 aromatic heterocycles. The maximum Gasteiger partial charge on any atom is 0.179 e. The Hall–Kier alpha value is -11.5. The van der Waals surface area contributed by atoms with E-state index in [2.05, 4.69) is 426 Å². The summed E-state index contributed by atoms with van der Waals surface area (Å²) in [5, 5.41) is 21.4. The number of hydrogen-bond donors (Lipinski definition) is 1. The minimum Gasteiger partial charge on any atom is -0.355 e. The third-order valence-electron chi connectivity index (χ3n) is 20.6. The summed E-state index contributed by atoms with van der Waals surface area (Å²) in [5.74, 6) is 0. The first-order valence-electron chi connectivity index (χ1n) is 35.0. The van der Waals surface area contributed by atoms with Crippen LogP contribution in [-0.4, -0.2) is 25.7 Å². The zero-order valence-corrected chi connectivity index (χ0v) is 61.5. The van der Waals surface area contributed by atoms with Crippen molar-refractivity contribution < 1.29 is 0 Å². The number of hydrogen-bond acceptors (Lipinski definition) is 2. The Morgan fingerprint density at radius 3 is 0.981 bits per heavy atom. The molecule has 0 fully saturated rings. The molecule has 0 atom stereocenters. The molecule has 0 radical (unpaired) electrons. The van der Waals surface area contributed by atoms with E-state index >= 15 is 0 Å². The molecule has 7 heteroatoms. The summed E-state index contributed by atoms with van der Waals surface area (Å²) < 4.78 is 8.89. The highest BCUT2D eigenvalue weighted by Gasteiger charge is 2.43. The first-order chi connectivity index (χ1) is 51.0. The molecule has 20 aromatic rings. The Labute approximate surface area is 617 Å².